The van der Waals surface area contributed by atoms with Gasteiger partial charge in [0.05, 0.1) is 15.7 Å². The molecule has 0 saturated carbocycles. The molecule has 2 aromatic rings. The molecule has 0 radical (unpaired) electrons. The van der Waals surface area contributed by atoms with Crippen LogP contribution in [-0.4, -0.2) is 70.1 Å². The van der Waals surface area contributed by atoms with E-state index < -0.39 is 36.5 Å². The van der Waals surface area contributed by atoms with E-state index in [0.29, 0.717) is 12.8 Å². The lowest BCUT2D eigenvalue weighted by molar-refractivity contribution is 0.0725. The zero-order chi connectivity index (χ0) is 23.4. The van der Waals surface area contributed by atoms with Crippen molar-refractivity contribution in [2.45, 2.75) is 23.0 Å². The number of ketones is 2. The molecule has 1 aliphatic heterocycles. The Hall–Kier alpha value is -2.85. The second kappa shape index (κ2) is 7.63. The summed E-state index contributed by atoms with van der Waals surface area (Å²) >= 11 is 0. The molecule has 0 bridgehead atoms. The van der Waals surface area contributed by atoms with Crippen LogP contribution in [0.3, 0.4) is 0 Å². The van der Waals surface area contributed by atoms with Gasteiger partial charge in [0.15, 0.2) is 21.4 Å². The maximum absolute atomic E-state index is 13.1. The van der Waals surface area contributed by atoms with Crippen LogP contribution in [0.15, 0.2) is 41.3 Å². The van der Waals surface area contributed by atoms with E-state index in [-0.39, 0.29) is 51.7 Å². The minimum atomic E-state index is -3.73. The Kier molecular flexibility index (Phi) is 5.33. The molecule has 168 valence electrons. The van der Waals surface area contributed by atoms with Crippen LogP contribution in [0.4, 0.5) is 0 Å². The van der Waals surface area contributed by atoms with Gasteiger partial charge in [-0.3, -0.25) is 14.4 Å². The van der Waals surface area contributed by atoms with Crippen LogP contribution in [0, 0.1) is 0 Å². The van der Waals surface area contributed by atoms with Crippen LogP contribution in [0.2, 0.25) is 0 Å². The summed E-state index contributed by atoms with van der Waals surface area (Å²) in [5.74, 6) is -1.45. The predicted octanol–water partition coefficient (Wildman–Crippen LogP) is 1.51. The summed E-state index contributed by atoms with van der Waals surface area (Å²) in [5.41, 5.74) is 0.153. The summed E-state index contributed by atoms with van der Waals surface area (Å²) in [6, 6.07) is 8.26. The van der Waals surface area contributed by atoms with E-state index in [0.717, 1.165) is 6.26 Å². The van der Waals surface area contributed by atoms with E-state index in [9.17, 15) is 31.2 Å². The number of hydrogen-bond acceptors (Lipinski definition) is 7. The number of hydrogen-bond donors (Lipinski definition) is 0. The molecule has 0 N–H and O–H groups in total. The van der Waals surface area contributed by atoms with Gasteiger partial charge < -0.3 is 4.90 Å². The highest BCUT2D eigenvalue weighted by molar-refractivity contribution is 7.91. The van der Waals surface area contributed by atoms with Crippen molar-refractivity contribution in [2.24, 2.45) is 0 Å². The minimum absolute atomic E-state index is 0.0102. The average Bonchev–Trinajstić information content (AvgIpc) is 2.75. The molecule has 1 fully saturated rings. The molecule has 8 nitrogen and oxygen atoms in total. The zero-order valence-corrected chi connectivity index (χ0v) is 19.1. The Bertz CT molecular complexity index is 1380. The highest BCUT2D eigenvalue weighted by Crippen LogP contribution is 2.32. The lowest BCUT2D eigenvalue weighted by Crippen LogP contribution is -2.42. The smallest absolute Gasteiger partial charge is 0.253 e. The van der Waals surface area contributed by atoms with Crippen molar-refractivity contribution < 1.29 is 31.2 Å². The van der Waals surface area contributed by atoms with Gasteiger partial charge in [-0.05, 0) is 37.1 Å². The molecule has 10 heteroatoms. The Labute approximate surface area is 186 Å². The minimum Gasteiger partial charge on any atom is -0.339 e. The number of fused-ring (bicyclic) bond motifs is 2. The third-order valence-electron chi connectivity index (χ3n) is 5.99. The third-order valence-corrected chi connectivity index (χ3v) is 8.81. The first kappa shape index (κ1) is 22.3. The molecule has 0 spiro atoms. The van der Waals surface area contributed by atoms with Gasteiger partial charge in [-0.1, -0.05) is 12.1 Å². The second-order valence-electron chi connectivity index (χ2n) is 8.19. The fourth-order valence-electron chi connectivity index (χ4n) is 4.28. The van der Waals surface area contributed by atoms with Crippen LogP contribution in [0.25, 0.3) is 0 Å². The van der Waals surface area contributed by atoms with Crippen molar-refractivity contribution in [3.05, 3.63) is 64.2 Å². The maximum atomic E-state index is 13.1. The molecule has 0 atom stereocenters. The summed E-state index contributed by atoms with van der Waals surface area (Å²) in [6.07, 6.45) is 2.85. The van der Waals surface area contributed by atoms with Crippen LogP contribution in [0.1, 0.15) is 55.0 Å². The van der Waals surface area contributed by atoms with Gasteiger partial charge in [-0.25, -0.2) is 16.8 Å². The highest BCUT2D eigenvalue weighted by atomic mass is 32.2. The molecule has 0 unspecified atom stereocenters. The van der Waals surface area contributed by atoms with Gasteiger partial charge >= 0.3 is 0 Å². The standard InChI is InChI=1S/C22H21NO7S2/c1-31(27,28)14-8-10-23(11-9-14)22(26)13-6-7-15-17(12-13)20(24)16-4-3-5-18(32(2,29)30)19(16)21(15)25/h3-7,12,14H,8-11H2,1-2H3. The number of piperidine rings is 1. The van der Waals surface area contributed by atoms with Crippen molar-refractivity contribution in [2.75, 3.05) is 25.6 Å². The molecular weight excluding hydrogens is 454 g/mol. The first-order valence-corrected chi connectivity index (χ1v) is 13.8. The van der Waals surface area contributed by atoms with Gasteiger partial charge in [0.2, 0.25) is 0 Å². The normalized spacial score (nSPS) is 17.1. The Morgan fingerprint density at radius 1 is 0.875 bits per heavy atom. The van der Waals surface area contributed by atoms with Crippen LogP contribution >= 0.6 is 0 Å². The maximum Gasteiger partial charge on any atom is 0.253 e. The van der Waals surface area contributed by atoms with E-state index in [4.69, 9.17) is 0 Å². The van der Waals surface area contributed by atoms with Crippen molar-refractivity contribution in [3.8, 4) is 0 Å². The number of carbonyl (C=O) groups is 3. The number of nitrogens with zero attached hydrogens (tertiary/aromatic N) is 1. The monoisotopic (exact) mass is 475 g/mol. The molecule has 1 amide bonds. The molecule has 1 heterocycles. The van der Waals surface area contributed by atoms with E-state index >= 15 is 0 Å². The largest absolute Gasteiger partial charge is 0.339 e. The fourth-order valence-corrected chi connectivity index (χ4v) is 6.24. The molecule has 0 aromatic heterocycles. The van der Waals surface area contributed by atoms with Gasteiger partial charge in [0.25, 0.3) is 5.91 Å². The number of carbonyl (C=O) groups excluding carboxylic acids is 3. The van der Waals surface area contributed by atoms with Gasteiger partial charge in [-0.15, -0.1) is 0 Å². The lowest BCUT2D eigenvalue weighted by Gasteiger charge is -2.31. The molecule has 32 heavy (non-hydrogen) atoms. The molecule has 1 aliphatic carbocycles. The van der Waals surface area contributed by atoms with Gasteiger partial charge in [0, 0.05) is 47.9 Å². The van der Waals surface area contributed by atoms with E-state index in [2.05, 4.69) is 0 Å². The van der Waals surface area contributed by atoms with Crippen LogP contribution < -0.4 is 0 Å². The Balaban J connectivity index is 1.67. The fraction of sp³-hybridized carbons (Fsp3) is 0.318. The Morgan fingerprint density at radius 2 is 1.53 bits per heavy atom. The number of rotatable bonds is 3. The van der Waals surface area contributed by atoms with Crippen LogP contribution in [0.5, 0.6) is 0 Å². The molecule has 4 rings (SSSR count). The summed E-state index contributed by atoms with van der Waals surface area (Å²) in [7, 11) is -6.90. The van der Waals surface area contributed by atoms with Gasteiger partial charge in [0.1, 0.15) is 9.84 Å². The summed E-state index contributed by atoms with van der Waals surface area (Å²) in [6.45, 7) is 0.558. The van der Waals surface area contributed by atoms with Crippen molar-refractivity contribution in [3.63, 3.8) is 0 Å². The van der Waals surface area contributed by atoms with E-state index in [1.165, 1.54) is 47.6 Å². The number of likely N-dealkylation sites (tertiary alicyclic amines) is 1. The predicted molar refractivity (Wildman–Crippen MR) is 117 cm³/mol. The van der Waals surface area contributed by atoms with Crippen molar-refractivity contribution in [1.82, 2.24) is 4.90 Å². The molecular formula is C22H21NO7S2. The lowest BCUT2D eigenvalue weighted by atomic mass is 9.83. The number of sulfone groups is 2. The molecule has 1 saturated heterocycles. The van der Waals surface area contributed by atoms with E-state index in [1.807, 2.05) is 0 Å². The molecule has 2 aliphatic rings. The number of amides is 1. The average molecular weight is 476 g/mol. The highest BCUT2D eigenvalue weighted by Gasteiger charge is 2.35. The second-order valence-corrected chi connectivity index (χ2v) is 12.5. The van der Waals surface area contributed by atoms with Crippen molar-refractivity contribution >= 4 is 37.1 Å². The quantitative estimate of drug-likeness (QED) is 0.563. The first-order chi connectivity index (χ1) is 14.9. The van der Waals surface area contributed by atoms with Crippen molar-refractivity contribution in [1.29, 1.82) is 0 Å². The zero-order valence-electron chi connectivity index (χ0n) is 17.5. The summed E-state index contributed by atoms with van der Waals surface area (Å²) < 4.78 is 47.7. The van der Waals surface area contributed by atoms with E-state index in [1.54, 1.807) is 0 Å². The first-order valence-electron chi connectivity index (χ1n) is 9.94. The summed E-state index contributed by atoms with van der Waals surface area (Å²) in [4.78, 5) is 40.5. The Morgan fingerprint density at radius 3 is 2.12 bits per heavy atom. The summed E-state index contributed by atoms with van der Waals surface area (Å²) in [5, 5.41) is -0.477. The number of benzene rings is 2. The third kappa shape index (κ3) is 3.77. The topological polar surface area (TPSA) is 123 Å². The van der Waals surface area contributed by atoms with Crippen LogP contribution in [-0.2, 0) is 19.7 Å². The SMILES string of the molecule is CS(=O)(=O)c1cccc2c1C(=O)c1ccc(C(=O)N3CCC(S(C)(=O)=O)CC3)cc1C2=O. The van der Waals surface area contributed by atoms with Gasteiger partial charge in [-0.2, -0.15) is 0 Å². The molecule has 2 aromatic carbocycles.